The Bertz CT molecular complexity index is 2010. The molecule has 19 nitrogen and oxygen atoms in total. The molecule has 2 rings (SSSR count). The van der Waals surface area contributed by atoms with Crippen LogP contribution < -0.4 is 21.3 Å². The first-order valence-corrected chi connectivity index (χ1v) is 24.0. The van der Waals surface area contributed by atoms with Gasteiger partial charge in [0.25, 0.3) is 5.91 Å². The number of Topliss-reactive ketones (excluding diaryl/α,β-unsaturated/α-hetero) is 1. The second-order valence-electron chi connectivity index (χ2n) is 19.8. The van der Waals surface area contributed by atoms with E-state index in [0.29, 0.717) is 12.0 Å². The third-order valence-electron chi connectivity index (χ3n) is 13.4. The molecular weight excluding hydrogens is 889 g/mol. The van der Waals surface area contributed by atoms with Crippen molar-refractivity contribution in [1.29, 1.82) is 0 Å². The molecule has 1 aromatic carbocycles. The standard InChI is InChI=1S/C50H80N8O11/c1-17-30(7)41-46(65)52-26-38(59)56(14)36(24-28(3)4)44(63)51-27-39(60)58(16)40(29(5)6)47(66)57(15)37(25-34-22-20-19-21-23-34)45(64)53-32(9)42(61)50(11,12)49(68)55(13)33(10)43(62)54-35(18-2)31(8)48(67)69-41/h19-23,28-33,35-37,40-41H,17-18,24-27H2,1-16H3,(H,51,63)(H,52,65)(H,53,64)(H,54,62)/t30-,31-,32+,33-,35+,36+,37?,40-,41-/m0/s1. The highest BCUT2D eigenvalue weighted by atomic mass is 16.5. The summed E-state index contributed by atoms with van der Waals surface area (Å²) in [7, 11) is 5.62. The zero-order chi connectivity index (χ0) is 52.8. The average Bonchev–Trinajstić information content (AvgIpc) is 3.31. The maximum Gasteiger partial charge on any atom is 0.311 e. The van der Waals surface area contributed by atoms with E-state index in [9.17, 15) is 47.9 Å². The van der Waals surface area contributed by atoms with Crippen molar-refractivity contribution in [1.82, 2.24) is 40.9 Å². The molecule has 386 valence electrons. The largest absolute Gasteiger partial charge is 0.452 e. The minimum atomic E-state index is -1.77. The zero-order valence-electron chi connectivity index (χ0n) is 43.8. The van der Waals surface area contributed by atoms with Gasteiger partial charge in [0, 0.05) is 46.6 Å². The molecule has 1 aliphatic heterocycles. The van der Waals surface area contributed by atoms with Crippen LogP contribution in [-0.2, 0) is 59.1 Å². The van der Waals surface area contributed by atoms with E-state index in [2.05, 4.69) is 21.3 Å². The number of ether oxygens (including phenoxy) is 1. The van der Waals surface area contributed by atoms with Gasteiger partial charge in [-0.1, -0.05) is 78.8 Å². The number of hydrogen-bond donors (Lipinski definition) is 4. The topological polar surface area (TPSA) is 241 Å². The molecule has 0 aromatic heterocycles. The number of rotatable bonds is 8. The molecule has 8 amide bonds. The van der Waals surface area contributed by atoms with Crippen LogP contribution in [0.2, 0.25) is 0 Å². The number of ketones is 1. The molecule has 4 N–H and O–H groups in total. The lowest BCUT2D eigenvalue weighted by Gasteiger charge is -2.37. The molecule has 1 unspecified atom stereocenters. The lowest BCUT2D eigenvalue weighted by molar-refractivity contribution is -0.164. The Morgan fingerprint density at radius 3 is 1.75 bits per heavy atom. The Hall–Kier alpha value is -5.88. The summed E-state index contributed by atoms with van der Waals surface area (Å²) in [6.45, 7) is 18.5. The molecule has 1 heterocycles. The van der Waals surface area contributed by atoms with Crippen LogP contribution in [0, 0.1) is 29.1 Å². The van der Waals surface area contributed by atoms with Gasteiger partial charge < -0.3 is 45.6 Å². The van der Waals surface area contributed by atoms with Crippen molar-refractivity contribution in [3.05, 3.63) is 35.9 Å². The fraction of sp³-hybridized carbons (Fsp3) is 0.680. The summed E-state index contributed by atoms with van der Waals surface area (Å²) in [5, 5.41) is 10.7. The van der Waals surface area contributed by atoms with Crippen molar-refractivity contribution in [3.8, 4) is 0 Å². The number of benzene rings is 1. The number of carbonyl (C=O) groups excluding carboxylic acids is 10. The van der Waals surface area contributed by atoms with Crippen molar-refractivity contribution < 1.29 is 52.7 Å². The van der Waals surface area contributed by atoms with E-state index in [0.717, 1.165) is 4.90 Å². The van der Waals surface area contributed by atoms with Gasteiger partial charge >= 0.3 is 5.97 Å². The third kappa shape index (κ3) is 15.6. The Morgan fingerprint density at radius 1 is 0.681 bits per heavy atom. The highest BCUT2D eigenvalue weighted by Crippen LogP contribution is 2.25. The molecule has 69 heavy (non-hydrogen) atoms. The van der Waals surface area contributed by atoms with Crippen LogP contribution in [0.25, 0.3) is 0 Å². The number of esters is 1. The minimum absolute atomic E-state index is 0.0206. The summed E-state index contributed by atoms with van der Waals surface area (Å²) in [6.07, 6.45) is -0.422. The predicted molar refractivity (Wildman–Crippen MR) is 259 cm³/mol. The van der Waals surface area contributed by atoms with E-state index < -0.39 is 138 Å². The van der Waals surface area contributed by atoms with E-state index in [1.54, 1.807) is 65.0 Å². The summed E-state index contributed by atoms with van der Waals surface area (Å²) in [5.74, 6) is -8.81. The zero-order valence-corrected chi connectivity index (χ0v) is 43.8. The Morgan fingerprint density at radius 2 is 1.23 bits per heavy atom. The SMILES string of the molecule is CC[C@H](C)[C@@H]1OC(=O)[C@@H](C)[C@@H](CC)NC(=O)[C@H](C)N(C)C(=O)C(C)(C)C(=O)[C@@H](C)NC(=O)C(Cc2ccccc2)N(C)C(=O)[C@H](C(C)C)N(C)C(=O)CNC(=O)[C@@H](CC(C)C)N(C)C(=O)CNC1=O. The molecule has 0 spiro atoms. The molecule has 0 aliphatic carbocycles. The van der Waals surface area contributed by atoms with Crippen LogP contribution in [-0.4, -0.2) is 162 Å². The van der Waals surface area contributed by atoms with E-state index in [4.69, 9.17) is 4.74 Å². The maximum absolute atomic E-state index is 14.5. The molecule has 0 saturated carbocycles. The van der Waals surface area contributed by atoms with Gasteiger partial charge in [-0.2, -0.15) is 0 Å². The smallest absolute Gasteiger partial charge is 0.311 e. The van der Waals surface area contributed by atoms with Gasteiger partial charge in [-0.15, -0.1) is 0 Å². The van der Waals surface area contributed by atoms with Gasteiger partial charge in [-0.3, -0.25) is 47.9 Å². The molecule has 9 atom stereocenters. The van der Waals surface area contributed by atoms with E-state index >= 15 is 0 Å². The first kappa shape index (κ1) is 59.2. The first-order chi connectivity index (χ1) is 32.0. The molecule has 19 heteroatoms. The molecule has 1 fully saturated rings. The van der Waals surface area contributed by atoms with Gasteiger partial charge in [0.05, 0.1) is 25.0 Å². The Labute approximate surface area is 408 Å². The fourth-order valence-electron chi connectivity index (χ4n) is 8.25. The lowest BCUT2D eigenvalue weighted by atomic mass is 9.82. The summed E-state index contributed by atoms with van der Waals surface area (Å²) in [4.78, 5) is 144. The Balaban J connectivity index is 2.69. The molecule has 1 aliphatic rings. The monoisotopic (exact) mass is 969 g/mol. The van der Waals surface area contributed by atoms with Gasteiger partial charge in [-0.25, -0.2) is 0 Å². The molecule has 0 bridgehead atoms. The van der Waals surface area contributed by atoms with Crippen LogP contribution in [0.15, 0.2) is 30.3 Å². The van der Waals surface area contributed by atoms with Crippen molar-refractivity contribution in [2.75, 3.05) is 41.3 Å². The molecule has 1 aromatic rings. The molecular formula is C50H80N8O11. The van der Waals surface area contributed by atoms with Crippen LogP contribution in [0.5, 0.6) is 0 Å². The summed E-state index contributed by atoms with van der Waals surface area (Å²) in [6, 6.07) is 2.32. The number of cyclic esters (lactones) is 1. The van der Waals surface area contributed by atoms with Crippen molar-refractivity contribution in [3.63, 3.8) is 0 Å². The lowest BCUT2D eigenvalue weighted by Crippen LogP contribution is -2.60. The fourth-order valence-corrected chi connectivity index (χ4v) is 8.25. The highest BCUT2D eigenvalue weighted by Gasteiger charge is 2.45. The summed E-state index contributed by atoms with van der Waals surface area (Å²) >= 11 is 0. The number of hydrogen-bond acceptors (Lipinski definition) is 11. The average molecular weight is 969 g/mol. The molecule has 1 saturated heterocycles. The number of nitrogens with one attached hydrogen (secondary N) is 4. The van der Waals surface area contributed by atoms with Gasteiger partial charge in [0.1, 0.15) is 29.6 Å². The van der Waals surface area contributed by atoms with E-state index in [1.807, 2.05) is 13.8 Å². The van der Waals surface area contributed by atoms with E-state index in [-0.39, 0.29) is 25.2 Å². The van der Waals surface area contributed by atoms with Crippen LogP contribution in [0.4, 0.5) is 0 Å². The van der Waals surface area contributed by atoms with Crippen LogP contribution in [0.3, 0.4) is 0 Å². The summed E-state index contributed by atoms with van der Waals surface area (Å²) < 4.78 is 5.77. The first-order valence-electron chi connectivity index (χ1n) is 24.0. The maximum atomic E-state index is 14.5. The number of likely N-dealkylation sites (N-methyl/N-ethyl adjacent to an activating group) is 4. The van der Waals surface area contributed by atoms with Gasteiger partial charge in [-0.05, 0) is 71.3 Å². The van der Waals surface area contributed by atoms with E-state index in [1.165, 1.54) is 77.5 Å². The van der Waals surface area contributed by atoms with Gasteiger partial charge in [0.15, 0.2) is 11.9 Å². The predicted octanol–water partition coefficient (Wildman–Crippen LogP) is 2.09. The number of nitrogens with zero attached hydrogens (tertiary/aromatic N) is 4. The molecule has 0 radical (unpaired) electrons. The Kier molecular flexibility index (Phi) is 22.5. The minimum Gasteiger partial charge on any atom is -0.452 e. The summed E-state index contributed by atoms with van der Waals surface area (Å²) in [5.41, 5.74) is -1.07. The second kappa shape index (κ2) is 26.2. The number of carbonyl (C=O) groups is 10. The van der Waals surface area contributed by atoms with Crippen molar-refractivity contribution in [2.24, 2.45) is 29.1 Å². The van der Waals surface area contributed by atoms with Gasteiger partial charge in [0.2, 0.25) is 41.4 Å². The third-order valence-corrected chi connectivity index (χ3v) is 13.4. The highest BCUT2D eigenvalue weighted by molar-refractivity contribution is 6.09. The quantitative estimate of drug-likeness (QED) is 0.217. The number of amides is 8. The normalized spacial score (nSPS) is 27.2. The second-order valence-corrected chi connectivity index (χ2v) is 19.8. The van der Waals surface area contributed by atoms with Crippen LogP contribution >= 0.6 is 0 Å². The van der Waals surface area contributed by atoms with Crippen molar-refractivity contribution in [2.45, 2.75) is 151 Å². The van der Waals surface area contributed by atoms with Crippen LogP contribution in [0.1, 0.15) is 108 Å². The van der Waals surface area contributed by atoms with Crippen molar-refractivity contribution >= 4 is 59.0 Å².